The van der Waals surface area contributed by atoms with Gasteiger partial charge < -0.3 is 20.4 Å². The number of hydrogen-bond acceptors (Lipinski definition) is 8. The zero-order valence-electron chi connectivity index (χ0n) is 29.8. The first-order chi connectivity index (χ1) is 24.8. The highest BCUT2D eigenvalue weighted by atomic mass is 32.2. The summed E-state index contributed by atoms with van der Waals surface area (Å²) in [6.45, 7) is 7.67. The molecule has 5 amide bonds. The molecule has 1 saturated heterocycles. The lowest BCUT2D eigenvalue weighted by atomic mass is 9.99. The van der Waals surface area contributed by atoms with Crippen molar-refractivity contribution < 1.29 is 27.6 Å². The standard InChI is InChI=1S/C37H47N7O7S/c1-5-25-20-37(25,35(48)41-52(50,51)27-16-17-27)40-32(45)30-19-26-22-43(30)34(47)31(23(2)3)39-36(49)42(4)18-12-7-6-11-15-28-29(21-38-44(26)33(28)46)24-13-9-8-10-14-24/h5-10,13-14,21,23,25-27,30-31H,1,11-12,15-20,22H2,2-4H3,(H,39,49)(H,40,45)(H,41,48)/b7-6+/t25-,26?,30+,31+,37-/m1/s1. The maximum atomic E-state index is 14.4. The van der Waals surface area contributed by atoms with Crippen LogP contribution in [0.25, 0.3) is 11.1 Å². The van der Waals surface area contributed by atoms with E-state index in [0.29, 0.717) is 49.8 Å². The third-order valence-electron chi connectivity index (χ3n) is 10.6. The van der Waals surface area contributed by atoms with Gasteiger partial charge in [0.15, 0.2) is 0 Å². The number of sulfonamides is 1. The minimum Gasteiger partial charge on any atom is -0.339 e. The van der Waals surface area contributed by atoms with Gasteiger partial charge in [-0.1, -0.05) is 62.4 Å². The maximum Gasteiger partial charge on any atom is 0.317 e. The van der Waals surface area contributed by atoms with Crippen molar-refractivity contribution >= 4 is 33.8 Å². The number of nitrogens with zero attached hydrogens (tertiary/aromatic N) is 4. The Labute approximate surface area is 303 Å². The van der Waals surface area contributed by atoms with Gasteiger partial charge in [-0.15, -0.1) is 6.58 Å². The Bertz CT molecular complexity index is 1940. The predicted molar refractivity (Wildman–Crippen MR) is 194 cm³/mol. The Morgan fingerprint density at radius 1 is 1.10 bits per heavy atom. The molecule has 15 heteroatoms. The molecule has 4 aliphatic rings. The van der Waals surface area contributed by atoms with E-state index in [0.717, 1.165) is 5.56 Å². The van der Waals surface area contributed by atoms with Crippen LogP contribution >= 0.6 is 0 Å². The molecule has 14 nitrogen and oxygen atoms in total. The fourth-order valence-electron chi connectivity index (χ4n) is 7.14. The third-order valence-corrected chi connectivity index (χ3v) is 12.4. The second kappa shape index (κ2) is 14.7. The SMILES string of the molecule is C=C[C@@H]1C[C@]1(NC(=O)[C@@H]1CC2CN1C(=O)[C@H](C(C)C)NC(=O)N(C)CC/C=C/CCc1c(-c3ccccc3)cnn2c1=O)C(=O)NS(=O)(=O)C1CC1. The molecule has 0 radical (unpaired) electrons. The number of amides is 5. The Morgan fingerprint density at radius 3 is 2.46 bits per heavy atom. The molecule has 278 valence electrons. The van der Waals surface area contributed by atoms with Crippen molar-refractivity contribution in [2.45, 2.75) is 87.7 Å². The fourth-order valence-corrected chi connectivity index (χ4v) is 8.51. The summed E-state index contributed by atoms with van der Waals surface area (Å²) in [6.07, 6.45) is 9.67. The van der Waals surface area contributed by atoms with Crippen molar-refractivity contribution in [2.75, 3.05) is 20.1 Å². The molecule has 3 heterocycles. The fraction of sp³-hybridized carbons (Fsp3) is 0.514. The van der Waals surface area contributed by atoms with Gasteiger partial charge in [-0.2, -0.15) is 5.10 Å². The highest BCUT2D eigenvalue weighted by molar-refractivity contribution is 7.91. The van der Waals surface area contributed by atoms with E-state index in [1.807, 2.05) is 42.5 Å². The second-order valence-corrected chi connectivity index (χ2v) is 16.6. The largest absolute Gasteiger partial charge is 0.339 e. The second-order valence-electron chi connectivity index (χ2n) is 14.6. The zero-order chi connectivity index (χ0) is 37.4. The monoisotopic (exact) mass is 733 g/mol. The summed E-state index contributed by atoms with van der Waals surface area (Å²) in [6, 6.07) is 6.14. The van der Waals surface area contributed by atoms with E-state index < -0.39 is 68.6 Å². The zero-order valence-corrected chi connectivity index (χ0v) is 30.6. The van der Waals surface area contributed by atoms with Crippen molar-refractivity contribution in [2.24, 2.45) is 11.8 Å². The van der Waals surface area contributed by atoms with Crippen molar-refractivity contribution in [1.29, 1.82) is 0 Å². The molecule has 4 bridgehead atoms. The molecule has 1 unspecified atom stereocenters. The quantitative estimate of drug-likeness (QED) is 0.346. The molecule has 52 heavy (non-hydrogen) atoms. The third kappa shape index (κ3) is 7.41. The van der Waals surface area contributed by atoms with Crippen molar-refractivity contribution in [1.82, 2.24) is 34.9 Å². The highest BCUT2D eigenvalue weighted by Crippen LogP contribution is 2.45. The smallest absolute Gasteiger partial charge is 0.317 e. The number of benzene rings is 1. The summed E-state index contributed by atoms with van der Waals surface area (Å²) < 4.78 is 28.9. The summed E-state index contributed by atoms with van der Waals surface area (Å²) in [5, 5.41) is 9.56. The van der Waals surface area contributed by atoms with Gasteiger partial charge in [0.1, 0.15) is 17.6 Å². The van der Waals surface area contributed by atoms with E-state index in [9.17, 15) is 32.4 Å². The minimum absolute atomic E-state index is 0.00992. The number of fused-ring (bicyclic) bond motifs is 5. The van der Waals surface area contributed by atoms with Gasteiger partial charge >= 0.3 is 6.03 Å². The van der Waals surface area contributed by atoms with E-state index in [2.05, 4.69) is 27.0 Å². The van der Waals surface area contributed by atoms with Crippen LogP contribution in [0.2, 0.25) is 0 Å². The molecule has 3 fully saturated rings. The van der Waals surface area contributed by atoms with Crippen LogP contribution < -0.4 is 20.9 Å². The normalized spacial score (nSPS) is 27.4. The molecule has 2 aliphatic heterocycles. The number of carbonyl (C=O) groups is 4. The van der Waals surface area contributed by atoms with Crippen LogP contribution in [0.4, 0.5) is 4.79 Å². The molecule has 3 N–H and O–H groups in total. The van der Waals surface area contributed by atoms with Crippen molar-refractivity contribution in [3.8, 4) is 11.1 Å². The maximum absolute atomic E-state index is 14.4. The first kappa shape index (κ1) is 37.0. The summed E-state index contributed by atoms with van der Waals surface area (Å²) in [4.78, 5) is 72.6. The predicted octanol–water partition coefficient (Wildman–Crippen LogP) is 2.28. The van der Waals surface area contributed by atoms with E-state index in [-0.39, 0.29) is 30.9 Å². The molecule has 5 atom stereocenters. The lowest BCUT2D eigenvalue weighted by Gasteiger charge is -2.32. The van der Waals surface area contributed by atoms with Crippen LogP contribution in [0.1, 0.15) is 64.0 Å². The van der Waals surface area contributed by atoms with Gasteiger partial charge in [0.05, 0.1) is 17.5 Å². The number of urea groups is 1. The van der Waals surface area contributed by atoms with Crippen LogP contribution in [-0.2, 0) is 30.8 Å². The number of carbonyl (C=O) groups excluding carboxylic acids is 4. The molecule has 1 aromatic heterocycles. The number of allylic oxidation sites excluding steroid dienone is 1. The van der Waals surface area contributed by atoms with Gasteiger partial charge in [-0.3, -0.25) is 23.9 Å². The van der Waals surface area contributed by atoms with Crippen molar-refractivity contribution in [3.63, 3.8) is 0 Å². The van der Waals surface area contributed by atoms with Crippen LogP contribution in [0.5, 0.6) is 0 Å². The molecular formula is C37H47N7O7S. The van der Waals surface area contributed by atoms with Gasteiger partial charge in [0.2, 0.25) is 21.8 Å². The molecule has 2 aromatic rings. The molecule has 2 saturated carbocycles. The number of nitrogens with one attached hydrogen (secondary N) is 3. The Balaban J connectivity index is 1.38. The molecule has 2 aliphatic carbocycles. The highest BCUT2D eigenvalue weighted by Gasteiger charge is 2.62. The lowest BCUT2D eigenvalue weighted by molar-refractivity contribution is -0.141. The van der Waals surface area contributed by atoms with Gasteiger partial charge in [-0.05, 0) is 50.0 Å². The summed E-state index contributed by atoms with van der Waals surface area (Å²) in [5.41, 5.74) is 0.184. The Kier molecular flexibility index (Phi) is 10.4. The van der Waals surface area contributed by atoms with Crippen LogP contribution in [-0.4, -0.2) is 94.8 Å². The van der Waals surface area contributed by atoms with Crippen LogP contribution in [0, 0.1) is 11.8 Å². The lowest BCUT2D eigenvalue weighted by Crippen LogP contribution is -2.59. The number of aromatic nitrogens is 2. The van der Waals surface area contributed by atoms with Gasteiger partial charge in [0, 0.05) is 43.6 Å². The summed E-state index contributed by atoms with van der Waals surface area (Å²) >= 11 is 0. The van der Waals surface area contributed by atoms with E-state index in [1.54, 1.807) is 27.1 Å². The Morgan fingerprint density at radius 2 is 1.81 bits per heavy atom. The Hall–Kier alpha value is -4.79. The van der Waals surface area contributed by atoms with Crippen molar-refractivity contribution in [3.05, 3.63) is 77.3 Å². The first-order valence-corrected chi connectivity index (χ1v) is 19.5. The minimum atomic E-state index is -3.91. The van der Waals surface area contributed by atoms with Crippen LogP contribution in [0.15, 0.2) is 66.1 Å². The topological polar surface area (TPSA) is 180 Å². The molecule has 1 aromatic carbocycles. The average Bonchev–Trinajstić information content (AvgIpc) is 4.04. The number of hydrogen-bond donors (Lipinski definition) is 3. The number of rotatable bonds is 8. The molecular weight excluding hydrogens is 687 g/mol. The van der Waals surface area contributed by atoms with Crippen LogP contribution in [0.3, 0.4) is 0 Å². The summed E-state index contributed by atoms with van der Waals surface area (Å²) in [5.74, 6) is -2.96. The summed E-state index contributed by atoms with van der Waals surface area (Å²) in [7, 11) is -2.26. The van der Waals surface area contributed by atoms with Gasteiger partial charge in [0.25, 0.3) is 11.5 Å². The van der Waals surface area contributed by atoms with E-state index in [1.165, 1.54) is 20.6 Å². The molecule has 0 spiro atoms. The van der Waals surface area contributed by atoms with E-state index in [4.69, 9.17) is 0 Å². The van der Waals surface area contributed by atoms with E-state index >= 15 is 0 Å². The molecule has 6 rings (SSSR count). The first-order valence-electron chi connectivity index (χ1n) is 17.9. The average molecular weight is 734 g/mol. The van der Waals surface area contributed by atoms with Gasteiger partial charge in [-0.25, -0.2) is 17.9 Å².